The molecule has 0 radical (unpaired) electrons. The SMILES string of the molecule is C1=NCC2=C1OCCO2. The van der Waals surface area contributed by atoms with Gasteiger partial charge in [0.2, 0.25) is 0 Å². The lowest BCUT2D eigenvalue weighted by Gasteiger charge is -2.14. The number of ether oxygens (including phenoxy) is 2. The van der Waals surface area contributed by atoms with E-state index in [0.717, 1.165) is 11.5 Å². The molecule has 2 heterocycles. The molecule has 0 bridgehead atoms. The largest absolute Gasteiger partial charge is 0.488 e. The van der Waals surface area contributed by atoms with E-state index in [1.165, 1.54) is 0 Å². The van der Waals surface area contributed by atoms with E-state index in [-0.39, 0.29) is 0 Å². The van der Waals surface area contributed by atoms with Crippen molar-refractivity contribution in [3.05, 3.63) is 11.5 Å². The minimum atomic E-state index is 0.658. The second-order valence-corrected chi connectivity index (χ2v) is 1.95. The molecule has 2 rings (SSSR count). The summed E-state index contributed by atoms with van der Waals surface area (Å²) in [6.45, 7) is 1.99. The molecule has 3 nitrogen and oxygen atoms in total. The van der Waals surface area contributed by atoms with Gasteiger partial charge in [0.05, 0.1) is 6.21 Å². The fourth-order valence-corrected chi connectivity index (χ4v) is 0.912. The third kappa shape index (κ3) is 0.686. The Hall–Kier alpha value is -0.990. The lowest BCUT2D eigenvalue weighted by Crippen LogP contribution is -2.12. The van der Waals surface area contributed by atoms with Crippen molar-refractivity contribution < 1.29 is 9.47 Å². The zero-order valence-corrected chi connectivity index (χ0v) is 4.96. The maximum absolute atomic E-state index is 5.23. The van der Waals surface area contributed by atoms with Gasteiger partial charge in [0, 0.05) is 0 Å². The third-order valence-corrected chi connectivity index (χ3v) is 1.34. The van der Waals surface area contributed by atoms with Gasteiger partial charge in [-0.1, -0.05) is 0 Å². The summed E-state index contributed by atoms with van der Waals surface area (Å²) in [7, 11) is 0. The highest BCUT2D eigenvalue weighted by atomic mass is 16.6. The highest BCUT2D eigenvalue weighted by molar-refractivity contribution is 5.79. The summed E-state index contributed by atoms with van der Waals surface area (Å²) >= 11 is 0. The van der Waals surface area contributed by atoms with E-state index < -0.39 is 0 Å². The van der Waals surface area contributed by atoms with Crippen LogP contribution in [0.2, 0.25) is 0 Å². The van der Waals surface area contributed by atoms with Crippen molar-refractivity contribution in [2.24, 2.45) is 4.99 Å². The molecule has 0 fully saturated rings. The van der Waals surface area contributed by atoms with E-state index in [1.54, 1.807) is 6.21 Å². The normalized spacial score (nSPS) is 23.1. The van der Waals surface area contributed by atoms with Crippen molar-refractivity contribution in [1.29, 1.82) is 0 Å². The third-order valence-electron chi connectivity index (χ3n) is 1.34. The first kappa shape index (κ1) is 4.85. The molecule has 3 heteroatoms. The molecule has 9 heavy (non-hydrogen) atoms. The first-order valence-corrected chi connectivity index (χ1v) is 2.95. The Kier molecular flexibility index (Phi) is 0.946. The van der Waals surface area contributed by atoms with E-state index in [2.05, 4.69) is 4.99 Å². The van der Waals surface area contributed by atoms with E-state index in [9.17, 15) is 0 Å². The average molecular weight is 125 g/mol. The molecular formula is C6H7NO2. The summed E-state index contributed by atoms with van der Waals surface area (Å²) in [6, 6.07) is 0. The maximum atomic E-state index is 5.23. The standard InChI is InChI=1S/C6H7NO2/c1-2-9-6-4-7-3-5(6)8-1/h3H,1-2,4H2. The van der Waals surface area contributed by atoms with Gasteiger partial charge in [0.1, 0.15) is 19.8 Å². The fraction of sp³-hybridized carbons (Fsp3) is 0.500. The van der Waals surface area contributed by atoms with Crippen molar-refractivity contribution in [3.8, 4) is 0 Å². The van der Waals surface area contributed by atoms with Gasteiger partial charge < -0.3 is 9.47 Å². The smallest absolute Gasteiger partial charge is 0.176 e. The average Bonchev–Trinajstić information content (AvgIpc) is 2.33. The summed E-state index contributed by atoms with van der Waals surface area (Å²) in [4.78, 5) is 3.98. The summed E-state index contributed by atoms with van der Waals surface area (Å²) in [5.74, 6) is 1.71. The van der Waals surface area contributed by atoms with Crippen molar-refractivity contribution >= 4 is 6.21 Å². The second-order valence-electron chi connectivity index (χ2n) is 1.95. The quantitative estimate of drug-likeness (QED) is 0.467. The van der Waals surface area contributed by atoms with Crippen LogP contribution in [0.1, 0.15) is 0 Å². The van der Waals surface area contributed by atoms with Crippen molar-refractivity contribution in [3.63, 3.8) is 0 Å². The Labute approximate surface area is 53.0 Å². The van der Waals surface area contributed by atoms with E-state index in [0.29, 0.717) is 19.8 Å². The molecule has 0 saturated heterocycles. The molecule has 0 unspecified atom stereocenters. The lowest BCUT2D eigenvalue weighted by atomic mass is 10.4. The van der Waals surface area contributed by atoms with Crippen molar-refractivity contribution in [1.82, 2.24) is 0 Å². The molecule has 48 valence electrons. The van der Waals surface area contributed by atoms with Gasteiger partial charge in [-0.25, -0.2) is 0 Å². The fourth-order valence-electron chi connectivity index (χ4n) is 0.912. The molecule has 0 amide bonds. The number of aliphatic imine (C=N–C) groups is 1. The van der Waals surface area contributed by atoms with Gasteiger partial charge in [-0.05, 0) is 0 Å². The summed E-state index contributed by atoms with van der Waals surface area (Å²) < 4.78 is 10.4. The Balaban J connectivity index is 2.24. The number of rotatable bonds is 0. The van der Waals surface area contributed by atoms with E-state index in [1.807, 2.05) is 0 Å². The van der Waals surface area contributed by atoms with Crippen LogP contribution in [0.25, 0.3) is 0 Å². The van der Waals surface area contributed by atoms with Gasteiger partial charge in [-0.2, -0.15) is 0 Å². The molecule has 0 spiro atoms. The summed E-state index contributed by atoms with van der Waals surface area (Å²) in [5.41, 5.74) is 0. The van der Waals surface area contributed by atoms with Gasteiger partial charge in [0.25, 0.3) is 0 Å². The first-order chi connectivity index (χ1) is 4.47. The van der Waals surface area contributed by atoms with Crippen LogP contribution in [0.15, 0.2) is 16.5 Å². The van der Waals surface area contributed by atoms with Gasteiger partial charge in [-0.15, -0.1) is 0 Å². The van der Waals surface area contributed by atoms with Gasteiger partial charge >= 0.3 is 0 Å². The molecule has 0 aromatic carbocycles. The molecule has 0 aromatic heterocycles. The van der Waals surface area contributed by atoms with Crippen LogP contribution in [-0.4, -0.2) is 26.0 Å². The van der Waals surface area contributed by atoms with Crippen LogP contribution in [-0.2, 0) is 9.47 Å². The summed E-state index contributed by atoms with van der Waals surface area (Å²) in [6.07, 6.45) is 1.72. The van der Waals surface area contributed by atoms with Gasteiger partial charge in [-0.3, -0.25) is 4.99 Å². The van der Waals surface area contributed by atoms with Crippen molar-refractivity contribution in [2.75, 3.05) is 19.8 Å². The van der Waals surface area contributed by atoms with Crippen LogP contribution in [0.3, 0.4) is 0 Å². The van der Waals surface area contributed by atoms with Crippen LogP contribution < -0.4 is 0 Å². The second kappa shape index (κ2) is 1.76. The minimum absolute atomic E-state index is 0.658. The predicted molar refractivity (Wildman–Crippen MR) is 32.3 cm³/mol. The molecule has 0 aliphatic carbocycles. The predicted octanol–water partition coefficient (Wildman–Crippen LogP) is 0.329. The molecular weight excluding hydrogens is 118 g/mol. The van der Waals surface area contributed by atoms with Crippen LogP contribution >= 0.6 is 0 Å². The van der Waals surface area contributed by atoms with E-state index in [4.69, 9.17) is 9.47 Å². The van der Waals surface area contributed by atoms with Gasteiger partial charge in [0.15, 0.2) is 11.5 Å². The number of hydrogen-bond acceptors (Lipinski definition) is 3. The Morgan fingerprint density at radius 2 is 2.22 bits per heavy atom. The Bertz CT molecular complexity index is 183. The van der Waals surface area contributed by atoms with Crippen molar-refractivity contribution in [2.45, 2.75) is 0 Å². The molecule has 0 atom stereocenters. The van der Waals surface area contributed by atoms with Crippen LogP contribution in [0.4, 0.5) is 0 Å². The highest BCUT2D eigenvalue weighted by Crippen LogP contribution is 2.15. The molecule has 0 saturated carbocycles. The lowest BCUT2D eigenvalue weighted by molar-refractivity contribution is 0.0766. The highest BCUT2D eigenvalue weighted by Gasteiger charge is 2.16. The Morgan fingerprint density at radius 1 is 1.33 bits per heavy atom. The van der Waals surface area contributed by atoms with Crippen LogP contribution in [0, 0.1) is 0 Å². The van der Waals surface area contributed by atoms with Crippen LogP contribution in [0.5, 0.6) is 0 Å². The monoisotopic (exact) mass is 125 g/mol. The number of hydrogen-bond donors (Lipinski definition) is 0. The molecule has 0 aromatic rings. The number of nitrogens with zero attached hydrogens (tertiary/aromatic N) is 1. The minimum Gasteiger partial charge on any atom is -0.488 e. The van der Waals surface area contributed by atoms with E-state index >= 15 is 0 Å². The summed E-state index contributed by atoms with van der Waals surface area (Å²) in [5, 5.41) is 0. The topological polar surface area (TPSA) is 30.8 Å². The molecule has 2 aliphatic heterocycles. The zero-order valence-electron chi connectivity index (χ0n) is 4.96. The maximum Gasteiger partial charge on any atom is 0.176 e. The molecule has 2 aliphatic rings. The first-order valence-electron chi connectivity index (χ1n) is 2.95. The molecule has 0 N–H and O–H groups in total. The zero-order chi connectivity index (χ0) is 6.10. The Morgan fingerprint density at radius 3 is 3.11 bits per heavy atom. The number of allylic oxidation sites excluding steroid dienone is 1.